The van der Waals surface area contributed by atoms with Gasteiger partial charge in [0.15, 0.2) is 11.6 Å². The maximum absolute atomic E-state index is 12.4. The summed E-state index contributed by atoms with van der Waals surface area (Å²) in [6.45, 7) is -2.77. The summed E-state index contributed by atoms with van der Waals surface area (Å²) in [6, 6.07) is 11.5. The first-order valence-corrected chi connectivity index (χ1v) is 15.6. The number of benzene rings is 1. The molecule has 7 N–H and O–H groups in total. The van der Waals surface area contributed by atoms with E-state index >= 15 is 0 Å². The van der Waals surface area contributed by atoms with Crippen molar-refractivity contribution in [3.63, 3.8) is 0 Å². The number of aryl methyl sites for hydroxylation is 1. The molecule has 1 aliphatic carbocycles. The molecule has 6 rings (SSSR count). The molecule has 0 saturated carbocycles. The van der Waals surface area contributed by atoms with Gasteiger partial charge in [0.1, 0.15) is 36.5 Å². The lowest BCUT2D eigenvalue weighted by atomic mass is 10.1. The van der Waals surface area contributed by atoms with Gasteiger partial charge in [-0.2, -0.15) is 10.2 Å². The minimum atomic E-state index is -5.15. The van der Waals surface area contributed by atoms with Crippen LogP contribution in [0.5, 0.6) is 0 Å². The van der Waals surface area contributed by atoms with Crippen molar-refractivity contribution in [1.29, 1.82) is 0 Å². The molecule has 6 atom stereocenters. The Hall–Kier alpha value is -3.09. The van der Waals surface area contributed by atoms with Crippen molar-refractivity contribution in [3.8, 4) is 0 Å². The topological polar surface area (TPSA) is 243 Å². The number of aliphatic hydroxyl groups is 3. The van der Waals surface area contributed by atoms with Crippen LogP contribution in [0.2, 0.25) is 5.28 Å². The predicted octanol–water partition coefficient (Wildman–Crippen LogP) is 0.257. The minimum absolute atomic E-state index is 0.00740. The number of fused-ring (bicyclic) bond motifs is 2. The summed E-state index contributed by atoms with van der Waals surface area (Å²) in [6.07, 6.45) is -3.58. The van der Waals surface area contributed by atoms with Gasteiger partial charge in [-0.1, -0.05) is 29.5 Å². The number of hydrogen-bond acceptors (Lipinski definition) is 13. The Morgan fingerprint density at radius 2 is 2.02 bits per heavy atom. The number of aromatic nitrogens is 7. The van der Waals surface area contributed by atoms with Crippen LogP contribution in [0.25, 0.3) is 5.52 Å². The van der Waals surface area contributed by atoms with E-state index in [9.17, 15) is 29.7 Å². The fourth-order valence-corrected chi connectivity index (χ4v) is 6.34. The van der Waals surface area contributed by atoms with Gasteiger partial charge in [0.25, 0.3) is 0 Å². The SMILES string of the molecule is O=P(O)(O)[C@](CO)(COCc1nn[nH]n1)OC[C@H]1O[C@@H](c2ccc3c(N[C@@H]4CCc5ccccc54)nc(Cl)nn23)[C@H](O)[C@@H]1O. The Bertz CT molecular complexity index is 1660. The quantitative estimate of drug-likeness (QED) is 0.101. The molecule has 1 saturated heterocycles. The number of aromatic amines is 1. The van der Waals surface area contributed by atoms with Crippen LogP contribution in [-0.2, 0) is 31.8 Å². The molecule has 1 aromatic carbocycles. The summed E-state index contributed by atoms with van der Waals surface area (Å²) >= 11 is 6.29. The van der Waals surface area contributed by atoms with Gasteiger partial charge in [-0.3, -0.25) is 4.57 Å². The van der Waals surface area contributed by atoms with Gasteiger partial charge in [-0.05, 0) is 47.7 Å². The second-order valence-electron chi connectivity index (χ2n) is 10.6. The molecule has 17 nitrogen and oxygen atoms in total. The molecule has 0 unspecified atom stereocenters. The van der Waals surface area contributed by atoms with Crippen molar-refractivity contribution in [1.82, 2.24) is 35.2 Å². The number of aliphatic hydroxyl groups excluding tert-OH is 3. The smallest absolute Gasteiger partial charge is 0.361 e. The molecular weight excluding hydrogens is 623 g/mol. The second kappa shape index (κ2) is 12.4. The molecule has 4 aromatic rings. The zero-order valence-corrected chi connectivity index (χ0v) is 24.6. The van der Waals surface area contributed by atoms with E-state index in [0.29, 0.717) is 17.0 Å². The van der Waals surface area contributed by atoms with Gasteiger partial charge < -0.3 is 44.6 Å². The standard InChI is InChI=1S/C25H30ClN8O9P/c26-24-28-23(27-15-6-5-13-3-1-2-4-14(13)15)17-8-7-16(34(17)31-24)22-21(37)20(36)18(43-22)9-42-25(11-35,44(38,39)40)12-41-10-19-29-32-33-30-19/h1-4,7-8,15,18,20-22,35-37H,5-6,9-12H2,(H,27,28,31)(H2,38,39,40)(H,29,30,32,33)/t15-,18-,20-,21-,22+,25-/m1/s1. The Kier molecular flexibility index (Phi) is 8.69. The molecule has 0 bridgehead atoms. The maximum atomic E-state index is 12.4. The Morgan fingerprint density at radius 3 is 2.77 bits per heavy atom. The largest absolute Gasteiger partial charge is 0.393 e. The highest BCUT2D eigenvalue weighted by molar-refractivity contribution is 7.53. The maximum Gasteiger partial charge on any atom is 0.361 e. The zero-order chi connectivity index (χ0) is 31.1. The lowest BCUT2D eigenvalue weighted by Crippen LogP contribution is -2.45. The third-order valence-electron chi connectivity index (χ3n) is 7.85. The van der Waals surface area contributed by atoms with Crippen LogP contribution >= 0.6 is 19.2 Å². The Labute approximate surface area is 254 Å². The first-order valence-electron chi connectivity index (χ1n) is 13.6. The van der Waals surface area contributed by atoms with E-state index in [2.05, 4.69) is 48.2 Å². The van der Waals surface area contributed by atoms with Gasteiger partial charge in [0, 0.05) is 0 Å². The summed E-state index contributed by atoms with van der Waals surface area (Å²) in [7, 11) is -5.15. The fourth-order valence-electron chi connectivity index (χ4n) is 5.49. The number of halogens is 1. The Balaban J connectivity index is 1.19. The van der Waals surface area contributed by atoms with E-state index in [-0.39, 0.29) is 23.8 Å². The highest BCUT2D eigenvalue weighted by atomic mass is 35.5. The number of anilines is 1. The van der Waals surface area contributed by atoms with E-state index in [1.54, 1.807) is 12.1 Å². The summed E-state index contributed by atoms with van der Waals surface area (Å²) in [4.78, 5) is 24.4. The summed E-state index contributed by atoms with van der Waals surface area (Å²) in [5, 5.41) is 49.8. The van der Waals surface area contributed by atoms with Gasteiger partial charge in [-0.15, -0.1) is 15.3 Å². The molecular formula is C25H30ClN8O9P. The normalized spacial score (nSPS) is 24.9. The van der Waals surface area contributed by atoms with Crippen molar-refractivity contribution in [2.24, 2.45) is 0 Å². The fraction of sp³-hybridized carbons (Fsp3) is 0.480. The number of tetrazole rings is 1. The van der Waals surface area contributed by atoms with Crippen LogP contribution in [0.15, 0.2) is 36.4 Å². The van der Waals surface area contributed by atoms with Crippen LogP contribution in [0.3, 0.4) is 0 Å². The van der Waals surface area contributed by atoms with E-state index < -0.39 is 57.2 Å². The van der Waals surface area contributed by atoms with Crippen LogP contribution < -0.4 is 5.32 Å². The molecule has 1 fully saturated rings. The molecule has 0 radical (unpaired) electrons. The molecule has 19 heteroatoms. The van der Waals surface area contributed by atoms with Crippen LogP contribution in [-0.4, -0.2) is 104 Å². The lowest BCUT2D eigenvalue weighted by molar-refractivity contribution is -0.126. The molecule has 44 heavy (non-hydrogen) atoms. The molecule has 3 aromatic heterocycles. The molecule has 2 aliphatic rings. The van der Waals surface area contributed by atoms with Crippen molar-refractivity contribution in [2.45, 2.75) is 55.2 Å². The average Bonchev–Trinajstić information content (AvgIpc) is 3.79. The van der Waals surface area contributed by atoms with Crippen molar-refractivity contribution < 1.29 is 43.9 Å². The van der Waals surface area contributed by atoms with E-state index in [4.69, 9.17) is 25.8 Å². The average molecular weight is 653 g/mol. The number of nitrogens with zero attached hydrogens (tertiary/aromatic N) is 6. The van der Waals surface area contributed by atoms with Crippen LogP contribution in [0, 0.1) is 0 Å². The van der Waals surface area contributed by atoms with Crippen molar-refractivity contribution in [3.05, 3.63) is 64.3 Å². The molecule has 1 aliphatic heterocycles. The monoisotopic (exact) mass is 652 g/mol. The number of nitrogens with one attached hydrogen (secondary N) is 2. The van der Waals surface area contributed by atoms with E-state index in [0.717, 1.165) is 12.8 Å². The third-order valence-corrected chi connectivity index (χ3v) is 9.48. The zero-order valence-electron chi connectivity index (χ0n) is 23.0. The van der Waals surface area contributed by atoms with E-state index in [1.807, 2.05) is 12.1 Å². The highest BCUT2D eigenvalue weighted by Crippen LogP contribution is 2.52. The molecule has 236 valence electrons. The molecule has 4 heterocycles. The van der Waals surface area contributed by atoms with Gasteiger partial charge in [-0.25, -0.2) is 4.52 Å². The number of ether oxygens (including phenoxy) is 3. The highest BCUT2D eigenvalue weighted by Gasteiger charge is 2.51. The number of hydrogen-bond donors (Lipinski definition) is 7. The number of rotatable bonds is 12. The van der Waals surface area contributed by atoms with Crippen LogP contribution in [0.1, 0.15) is 41.2 Å². The lowest BCUT2D eigenvalue weighted by Gasteiger charge is -2.33. The summed E-state index contributed by atoms with van der Waals surface area (Å²) in [5.74, 6) is 0.582. The van der Waals surface area contributed by atoms with Crippen molar-refractivity contribution >= 4 is 30.5 Å². The first kappa shape index (κ1) is 30.9. The predicted molar refractivity (Wildman–Crippen MR) is 150 cm³/mol. The Morgan fingerprint density at radius 1 is 1.20 bits per heavy atom. The summed E-state index contributed by atoms with van der Waals surface area (Å²) in [5.41, 5.74) is 3.32. The second-order valence-corrected chi connectivity index (χ2v) is 12.8. The van der Waals surface area contributed by atoms with Crippen molar-refractivity contribution in [2.75, 3.05) is 25.1 Å². The number of H-pyrrole nitrogens is 1. The van der Waals surface area contributed by atoms with Gasteiger partial charge >= 0.3 is 7.60 Å². The minimum Gasteiger partial charge on any atom is -0.393 e. The van der Waals surface area contributed by atoms with Gasteiger partial charge in [0.2, 0.25) is 10.6 Å². The van der Waals surface area contributed by atoms with Crippen LogP contribution in [0.4, 0.5) is 5.82 Å². The third kappa shape index (κ3) is 5.83. The summed E-state index contributed by atoms with van der Waals surface area (Å²) < 4.78 is 30.6. The molecule has 0 spiro atoms. The van der Waals surface area contributed by atoms with Gasteiger partial charge in [0.05, 0.1) is 31.6 Å². The van der Waals surface area contributed by atoms with E-state index in [1.165, 1.54) is 15.6 Å². The molecule has 0 amide bonds. The first-order chi connectivity index (χ1) is 21.1.